The van der Waals surface area contributed by atoms with Crippen LogP contribution in [0.2, 0.25) is 0 Å². The normalized spacial score (nSPS) is 19.1. The van der Waals surface area contributed by atoms with Crippen LogP contribution in [0.1, 0.15) is 40.3 Å². The van der Waals surface area contributed by atoms with Gasteiger partial charge in [-0.3, -0.25) is 4.90 Å². The second-order valence-corrected chi connectivity index (χ2v) is 8.28. The standard InChI is InChI=1S/C23H26N4O4/c1-5-16(2)26-20(28)24(17-12-8-6-9-13-17)19(23(26,3)4)27-21(29)25(22(30)31-27)18-14-10-7-11-15-18/h6-16,19H,5H2,1-4H3. The smallest absolute Gasteiger partial charge is 0.314 e. The molecule has 4 rings (SSSR count). The third-order valence-electron chi connectivity index (χ3n) is 5.95. The number of benzene rings is 2. The van der Waals surface area contributed by atoms with Gasteiger partial charge in [0.25, 0.3) is 0 Å². The number of aromatic nitrogens is 2. The van der Waals surface area contributed by atoms with E-state index in [-0.39, 0.29) is 12.1 Å². The number of amides is 2. The van der Waals surface area contributed by atoms with Crippen LogP contribution in [0.4, 0.5) is 10.5 Å². The molecule has 8 nitrogen and oxygen atoms in total. The molecule has 3 aromatic rings. The van der Waals surface area contributed by atoms with Gasteiger partial charge >= 0.3 is 17.5 Å². The van der Waals surface area contributed by atoms with Crippen LogP contribution < -0.4 is 16.3 Å². The van der Waals surface area contributed by atoms with Crippen molar-refractivity contribution in [2.75, 3.05) is 4.90 Å². The Morgan fingerprint density at radius 1 is 0.935 bits per heavy atom. The molecule has 1 aliphatic heterocycles. The highest BCUT2D eigenvalue weighted by molar-refractivity contribution is 5.95. The van der Waals surface area contributed by atoms with E-state index in [2.05, 4.69) is 0 Å². The van der Waals surface area contributed by atoms with Crippen molar-refractivity contribution < 1.29 is 9.32 Å². The quantitative estimate of drug-likeness (QED) is 0.629. The Bertz CT molecular complexity index is 1190. The van der Waals surface area contributed by atoms with Crippen LogP contribution in [0.5, 0.6) is 0 Å². The SMILES string of the molecule is CCC(C)N1C(=O)N(c2ccccc2)C(n2oc(=O)n(-c3ccccc3)c2=O)C1(C)C. The second-order valence-electron chi connectivity index (χ2n) is 8.28. The molecular formula is C23H26N4O4. The van der Waals surface area contributed by atoms with E-state index in [0.717, 1.165) is 15.7 Å². The van der Waals surface area contributed by atoms with Gasteiger partial charge in [0.15, 0.2) is 6.17 Å². The lowest BCUT2D eigenvalue weighted by atomic mass is 9.98. The number of urea groups is 1. The van der Waals surface area contributed by atoms with Crippen LogP contribution in [-0.2, 0) is 0 Å². The molecule has 1 aromatic heterocycles. The molecule has 2 amide bonds. The first-order chi connectivity index (χ1) is 14.8. The van der Waals surface area contributed by atoms with Gasteiger partial charge in [0, 0.05) is 11.7 Å². The molecule has 162 valence electrons. The maximum absolute atomic E-state index is 13.6. The number of carbonyl (C=O) groups is 1. The first-order valence-corrected chi connectivity index (χ1v) is 10.4. The van der Waals surface area contributed by atoms with Gasteiger partial charge in [0.05, 0.1) is 11.2 Å². The lowest BCUT2D eigenvalue weighted by Crippen LogP contribution is -2.50. The van der Waals surface area contributed by atoms with Crippen molar-refractivity contribution in [2.45, 2.75) is 51.9 Å². The third-order valence-corrected chi connectivity index (χ3v) is 5.95. The minimum atomic E-state index is -0.846. The van der Waals surface area contributed by atoms with E-state index in [4.69, 9.17) is 4.52 Å². The summed E-state index contributed by atoms with van der Waals surface area (Å²) in [6.45, 7) is 7.75. The molecule has 0 saturated carbocycles. The Morgan fingerprint density at radius 3 is 2.03 bits per heavy atom. The van der Waals surface area contributed by atoms with Gasteiger partial charge in [0.1, 0.15) is 0 Å². The van der Waals surface area contributed by atoms with Crippen molar-refractivity contribution in [2.24, 2.45) is 0 Å². The Balaban J connectivity index is 1.94. The lowest BCUT2D eigenvalue weighted by molar-refractivity contribution is 0.0756. The van der Waals surface area contributed by atoms with Gasteiger partial charge in [-0.05, 0) is 51.5 Å². The number of hydrogen-bond donors (Lipinski definition) is 0. The fourth-order valence-electron chi connectivity index (χ4n) is 4.37. The van der Waals surface area contributed by atoms with E-state index in [1.54, 1.807) is 47.4 Å². The summed E-state index contributed by atoms with van der Waals surface area (Å²) in [5, 5.41) is 0. The summed E-state index contributed by atoms with van der Waals surface area (Å²) in [5.41, 5.74) is -0.426. The van der Waals surface area contributed by atoms with E-state index in [1.165, 1.54) is 4.90 Å². The van der Waals surface area contributed by atoms with E-state index in [0.29, 0.717) is 11.4 Å². The van der Waals surface area contributed by atoms with Gasteiger partial charge < -0.3 is 9.42 Å². The van der Waals surface area contributed by atoms with Crippen LogP contribution in [0.3, 0.4) is 0 Å². The molecule has 2 atom stereocenters. The van der Waals surface area contributed by atoms with Crippen LogP contribution >= 0.6 is 0 Å². The minimum Gasteiger partial charge on any atom is -0.314 e. The van der Waals surface area contributed by atoms with E-state index < -0.39 is 23.2 Å². The van der Waals surface area contributed by atoms with Crippen LogP contribution in [-0.4, -0.2) is 31.8 Å². The first-order valence-electron chi connectivity index (χ1n) is 10.4. The van der Waals surface area contributed by atoms with Crippen molar-refractivity contribution >= 4 is 11.7 Å². The monoisotopic (exact) mass is 422 g/mol. The number of rotatable bonds is 5. The van der Waals surface area contributed by atoms with Crippen LogP contribution in [0.25, 0.3) is 5.69 Å². The number of nitrogens with zero attached hydrogens (tertiary/aromatic N) is 4. The predicted octanol–water partition coefficient (Wildman–Crippen LogP) is 3.61. The summed E-state index contributed by atoms with van der Waals surface area (Å²) < 4.78 is 7.48. The summed E-state index contributed by atoms with van der Waals surface area (Å²) in [7, 11) is 0. The maximum atomic E-state index is 13.6. The fraction of sp³-hybridized carbons (Fsp3) is 0.348. The Labute approximate surface area is 179 Å². The highest BCUT2D eigenvalue weighted by Gasteiger charge is 2.56. The molecule has 0 radical (unpaired) electrons. The van der Waals surface area contributed by atoms with E-state index in [9.17, 15) is 14.4 Å². The summed E-state index contributed by atoms with van der Waals surface area (Å²) in [6.07, 6.45) is -0.101. The zero-order valence-electron chi connectivity index (χ0n) is 18.1. The number of hydrogen-bond acceptors (Lipinski definition) is 4. The zero-order valence-corrected chi connectivity index (χ0v) is 18.1. The largest absolute Gasteiger partial charge is 0.447 e. The van der Waals surface area contributed by atoms with Gasteiger partial charge in [-0.1, -0.05) is 43.3 Å². The first kappa shape index (κ1) is 20.7. The molecule has 0 N–H and O–H groups in total. The Hall–Kier alpha value is -3.55. The molecule has 2 unspecified atom stereocenters. The molecule has 2 aromatic carbocycles. The van der Waals surface area contributed by atoms with Crippen molar-refractivity contribution in [3.63, 3.8) is 0 Å². The maximum Gasteiger partial charge on any atom is 0.447 e. The summed E-state index contributed by atoms with van der Waals surface area (Å²) in [6, 6.07) is 17.4. The molecule has 2 heterocycles. The highest BCUT2D eigenvalue weighted by Crippen LogP contribution is 2.43. The number of anilines is 1. The second kappa shape index (κ2) is 7.61. The molecule has 0 aliphatic carbocycles. The summed E-state index contributed by atoms with van der Waals surface area (Å²) in [4.78, 5) is 42.9. The topological polar surface area (TPSA) is 80.7 Å². The molecule has 1 saturated heterocycles. The summed E-state index contributed by atoms with van der Waals surface area (Å²) >= 11 is 0. The van der Waals surface area contributed by atoms with Gasteiger partial charge in [-0.25, -0.2) is 14.4 Å². The zero-order chi connectivity index (χ0) is 22.3. The number of para-hydroxylation sites is 2. The Kier molecular flexibility index (Phi) is 5.08. The molecule has 8 heteroatoms. The minimum absolute atomic E-state index is 0.0719. The molecule has 0 spiro atoms. The lowest BCUT2D eigenvalue weighted by Gasteiger charge is -2.37. The molecular weight excluding hydrogens is 396 g/mol. The van der Waals surface area contributed by atoms with Gasteiger partial charge in [-0.2, -0.15) is 4.57 Å². The van der Waals surface area contributed by atoms with Crippen molar-refractivity contribution in [3.05, 3.63) is 81.7 Å². The van der Waals surface area contributed by atoms with Gasteiger partial charge in [-0.15, -0.1) is 4.74 Å². The van der Waals surface area contributed by atoms with E-state index >= 15 is 0 Å². The van der Waals surface area contributed by atoms with E-state index in [1.807, 2.05) is 45.9 Å². The van der Waals surface area contributed by atoms with Crippen molar-refractivity contribution in [3.8, 4) is 5.69 Å². The van der Waals surface area contributed by atoms with Crippen LogP contribution in [0.15, 0.2) is 74.8 Å². The predicted molar refractivity (Wildman–Crippen MR) is 118 cm³/mol. The molecule has 0 bridgehead atoms. The van der Waals surface area contributed by atoms with Crippen LogP contribution in [0, 0.1) is 0 Å². The van der Waals surface area contributed by atoms with Crippen molar-refractivity contribution in [1.82, 2.24) is 14.2 Å². The van der Waals surface area contributed by atoms with Crippen molar-refractivity contribution in [1.29, 1.82) is 0 Å². The third kappa shape index (κ3) is 3.19. The number of carbonyl (C=O) groups excluding carboxylic acids is 1. The molecule has 1 fully saturated rings. The molecule has 31 heavy (non-hydrogen) atoms. The summed E-state index contributed by atoms with van der Waals surface area (Å²) in [5.74, 6) is -0.797. The average Bonchev–Trinajstić information content (AvgIpc) is 3.16. The fourth-order valence-corrected chi connectivity index (χ4v) is 4.37. The van der Waals surface area contributed by atoms with Gasteiger partial charge in [0.2, 0.25) is 0 Å². The molecule has 1 aliphatic rings. The Morgan fingerprint density at radius 2 is 1.48 bits per heavy atom. The average molecular weight is 422 g/mol. The highest BCUT2D eigenvalue weighted by atomic mass is 16.5.